The maximum Gasteiger partial charge on any atom is 0.266 e. The molecule has 0 bridgehead atoms. The van der Waals surface area contributed by atoms with E-state index in [9.17, 15) is 9.59 Å². The van der Waals surface area contributed by atoms with Crippen molar-refractivity contribution in [3.63, 3.8) is 0 Å². The summed E-state index contributed by atoms with van der Waals surface area (Å²) in [5, 5.41) is 0. The highest BCUT2D eigenvalue weighted by Gasteiger charge is 2.36. The van der Waals surface area contributed by atoms with Crippen LogP contribution in [0.4, 0.5) is 5.69 Å². The van der Waals surface area contributed by atoms with E-state index in [1.807, 2.05) is 19.1 Å². The van der Waals surface area contributed by atoms with E-state index in [-0.39, 0.29) is 11.8 Å². The topological polar surface area (TPSA) is 37.4 Å². The van der Waals surface area contributed by atoms with Crippen LogP contribution in [-0.4, -0.2) is 11.8 Å². The molecule has 19 heavy (non-hydrogen) atoms. The number of hydrogen-bond donors (Lipinski definition) is 0. The van der Waals surface area contributed by atoms with Gasteiger partial charge in [0.05, 0.1) is 16.8 Å². The number of fused-ring (bicyclic) bond motifs is 1. The van der Waals surface area contributed by atoms with Gasteiger partial charge in [0.2, 0.25) is 0 Å². The van der Waals surface area contributed by atoms with Gasteiger partial charge < -0.3 is 0 Å². The number of nitrogens with zero attached hydrogens (tertiary/aromatic N) is 1. The first-order valence-corrected chi connectivity index (χ1v) is 6.62. The smallest absolute Gasteiger partial charge is 0.266 e. The molecule has 0 fully saturated rings. The predicted molar refractivity (Wildman–Crippen MR) is 76.5 cm³/mol. The van der Waals surface area contributed by atoms with Gasteiger partial charge in [-0.25, -0.2) is 4.90 Å². The Morgan fingerprint density at radius 3 is 2.42 bits per heavy atom. The summed E-state index contributed by atoms with van der Waals surface area (Å²) < 4.78 is 0.831. The van der Waals surface area contributed by atoms with E-state index >= 15 is 0 Å². The minimum atomic E-state index is -0.266. The summed E-state index contributed by atoms with van der Waals surface area (Å²) in [5.41, 5.74) is 2.50. The van der Waals surface area contributed by atoms with Gasteiger partial charge in [0.15, 0.2) is 0 Å². The summed E-state index contributed by atoms with van der Waals surface area (Å²) in [6.07, 6.45) is 0. The molecule has 0 saturated carbocycles. The second-order valence-electron chi connectivity index (χ2n) is 4.47. The highest BCUT2D eigenvalue weighted by molar-refractivity contribution is 9.10. The zero-order chi connectivity index (χ0) is 13.6. The minimum absolute atomic E-state index is 0.262. The Balaban J connectivity index is 2.13. The first kappa shape index (κ1) is 12.1. The van der Waals surface area contributed by atoms with Gasteiger partial charge in [-0.1, -0.05) is 33.6 Å². The third-order valence-corrected chi connectivity index (χ3v) is 3.60. The Hall–Kier alpha value is -1.94. The number of hydrogen-bond acceptors (Lipinski definition) is 2. The molecule has 1 heterocycles. The zero-order valence-corrected chi connectivity index (χ0v) is 11.8. The second kappa shape index (κ2) is 4.31. The van der Waals surface area contributed by atoms with Crippen molar-refractivity contribution in [2.75, 3.05) is 4.90 Å². The summed E-state index contributed by atoms with van der Waals surface area (Å²) in [5.74, 6) is -0.528. The molecular weight excluding hydrogens is 306 g/mol. The van der Waals surface area contributed by atoms with Crippen molar-refractivity contribution in [2.45, 2.75) is 6.92 Å². The molecule has 3 nitrogen and oxygen atoms in total. The van der Waals surface area contributed by atoms with Gasteiger partial charge in [-0.3, -0.25) is 9.59 Å². The Bertz CT molecular complexity index is 709. The van der Waals surface area contributed by atoms with Gasteiger partial charge >= 0.3 is 0 Å². The third-order valence-electron chi connectivity index (χ3n) is 3.11. The molecular formula is C15H10BrNO2. The molecule has 2 amide bonds. The molecule has 0 radical (unpaired) electrons. The van der Waals surface area contributed by atoms with Gasteiger partial charge in [-0.15, -0.1) is 0 Å². The Labute approximate surface area is 119 Å². The molecule has 0 atom stereocenters. The fraction of sp³-hybridized carbons (Fsp3) is 0.0667. The molecule has 0 unspecified atom stereocenters. The quantitative estimate of drug-likeness (QED) is 0.755. The number of carbonyl (C=O) groups excluding carboxylic acids is 2. The Morgan fingerprint density at radius 2 is 1.68 bits per heavy atom. The minimum Gasteiger partial charge on any atom is -0.268 e. The highest BCUT2D eigenvalue weighted by atomic mass is 79.9. The second-order valence-corrected chi connectivity index (χ2v) is 5.39. The Kier molecular flexibility index (Phi) is 2.75. The number of halogens is 1. The first-order valence-electron chi connectivity index (χ1n) is 5.83. The molecule has 94 valence electrons. The summed E-state index contributed by atoms with van der Waals surface area (Å²) in [7, 11) is 0. The van der Waals surface area contributed by atoms with Crippen LogP contribution in [0.25, 0.3) is 0 Å². The van der Waals surface area contributed by atoms with Gasteiger partial charge in [-0.05, 0) is 37.3 Å². The number of carbonyl (C=O) groups is 2. The molecule has 4 heteroatoms. The van der Waals surface area contributed by atoms with Crippen LogP contribution < -0.4 is 4.90 Å². The van der Waals surface area contributed by atoms with Crippen LogP contribution in [0.15, 0.2) is 46.9 Å². The lowest BCUT2D eigenvalue weighted by molar-refractivity contribution is 0.0926. The van der Waals surface area contributed by atoms with Crippen LogP contribution in [-0.2, 0) is 0 Å². The predicted octanol–water partition coefficient (Wildman–Crippen LogP) is 3.56. The van der Waals surface area contributed by atoms with E-state index in [4.69, 9.17) is 0 Å². The molecule has 0 aromatic heterocycles. The number of rotatable bonds is 1. The van der Waals surface area contributed by atoms with E-state index in [0.29, 0.717) is 16.8 Å². The van der Waals surface area contributed by atoms with Crippen LogP contribution in [0.1, 0.15) is 26.3 Å². The van der Waals surface area contributed by atoms with Crippen LogP contribution in [0.2, 0.25) is 0 Å². The van der Waals surface area contributed by atoms with Crippen molar-refractivity contribution >= 4 is 33.4 Å². The average Bonchev–Trinajstić information content (AvgIpc) is 2.61. The van der Waals surface area contributed by atoms with Gasteiger partial charge in [0.1, 0.15) is 0 Å². The summed E-state index contributed by atoms with van der Waals surface area (Å²) in [6, 6.07) is 12.5. The van der Waals surface area contributed by atoms with Crippen molar-refractivity contribution in [3.8, 4) is 0 Å². The van der Waals surface area contributed by atoms with Crippen molar-refractivity contribution in [1.29, 1.82) is 0 Å². The van der Waals surface area contributed by atoms with Crippen LogP contribution in [0, 0.1) is 6.92 Å². The summed E-state index contributed by atoms with van der Waals surface area (Å²) >= 11 is 3.35. The molecule has 0 spiro atoms. The van der Waals surface area contributed by atoms with Crippen LogP contribution in [0.5, 0.6) is 0 Å². The number of anilines is 1. The summed E-state index contributed by atoms with van der Waals surface area (Å²) in [6.45, 7) is 1.90. The average molecular weight is 316 g/mol. The van der Waals surface area contributed by atoms with Crippen molar-refractivity contribution < 1.29 is 9.59 Å². The highest BCUT2D eigenvalue weighted by Crippen LogP contribution is 2.30. The van der Waals surface area contributed by atoms with Crippen molar-refractivity contribution in [1.82, 2.24) is 0 Å². The first-order chi connectivity index (χ1) is 9.08. The van der Waals surface area contributed by atoms with E-state index < -0.39 is 0 Å². The van der Waals surface area contributed by atoms with Crippen molar-refractivity contribution in [3.05, 3.63) is 63.6 Å². The van der Waals surface area contributed by atoms with Crippen LogP contribution >= 0.6 is 15.9 Å². The molecule has 0 aliphatic carbocycles. The van der Waals surface area contributed by atoms with E-state index in [2.05, 4.69) is 15.9 Å². The fourth-order valence-electron chi connectivity index (χ4n) is 2.20. The number of aryl methyl sites for hydroxylation is 1. The van der Waals surface area contributed by atoms with Gasteiger partial charge in [-0.2, -0.15) is 0 Å². The van der Waals surface area contributed by atoms with E-state index in [1.165, 1.54) is 4.90 Å². The normalized spacial score (nSPS) is 13.9. The summed E-state index contributed by atoms with van der Waals surface area (Å²) in [4.78, 5) is 25.9. The molecule has 0 saturated heterocycles. The van der Waals surface area contributed by atoms with Gasteiger partial charge in [0, 0.05) is 4.47 Å². The van der Waals surface area contributed by atoms with E-state index in [0.717, 1.165) is 10.0 Å². The number of benzene rings is 2. The lowest BCUT2D eigenvalue weighted by Gasteiger charge is -2.13. The maximum atomic E-state index is 12.4. The third kappa shape index (κ3) is 1.88. The zero-order valence-electron chi connectivity index (χ0n) is 10.2. The fourth-order valence-corrected chi connectivity index (χ4v) is 2.59. The molecule has 1 aliphatic heterocycles. The monoisotopic (exact) mass is 315 g/mol. The lowest BCUT2D eigenvalue weighted by Crippen LogP contribution is -2.29. The number of amides is 2. The van der Waals surface area contributed by atoms with E-state index in [1.54, 1.807) is 30.3 Å². The Morgan fingerprint density at radius 1 is 0.947 bits per heavy atom. The number of imide groups is 1. The van der Waals surface area contributed by atoms with Crippen LogP contribution in [0.3, 0.4) is 0 Å². The molecule has 3 rings (SSSR count). The molecule has 0 N–H and O–H groups in total. The molecule has 2 aromatic carbocycles. The van der Waals surface area contributed by atoms with Gasteiger partial charge in [0.25, 0.3) is 11.8 Å². The maximum absolute atomic E-state index is 12.4. The standard InChI is InChI=1S/C15H10BrNO2/c1-9-5-6-12-13(7-9)15(19)17(14(12)18)11-4-2-3-10(16)8-11/h2-8H,1H3. The SMILES string of the molecule is Cc1ccc2c(c1)C(=O)N(c1cccc(Br)c1)C2=O. The van der Waals surface area contributed by atoms with Crippen molar-refractivity contribution in [2.24, 2.45) is 0 Å². The molecule has 2 aromatic rings. The molecule has 1 aliphatic rings. The largest absolute Gasteiger partial charge is 0.268 e. The lowest BCUT2D eigenvalue weighted by atomic mass is 10.1.